The van der Waals surface area contributed by atoms with Crippen molar-refractivity contribution in [1.82, 2.24) is 4.90 Å². The first-order valence-electron chi connectivity index (χ1n) is 5.11. The Hall–Kier alpha value is -0.870. The van der Waals surface area contributed by atoms with Gasteiger partial charge in [0, 0.05) is 17.1 Å². The molecule has 0 bridgehead atoms. The summed E-state index contributed by atoms with van der Waals surface area (Å²) in [6.45, 7) is 3.68. The van der Waals surface area contributed by atoms with Crippen molar-refractivity contribution in [2.75, 3.05) is 13.7 Å². The molecule has 1 aromatic carbocycles. The normalized spacial score (nSPS) is 12.3. The van der Waals surface area contributed by atoms with Crippen LogP contribution in [0.3, 0.4) is 0 Å². The summed E-state index contributed by atoms with van der Waals surface area (Å²) in [4.78, 5) is 13.6. The van der Waals surface area contributed by atoms with Gasteiger partial charge in [-0.15, -0.1) is 0 Å². The van der Waals surface area contributed by atoms with Gasteiger partial charge in [-0.25, -0.2) is 0 Å². The summed E-state index contributed by atoms with van der Waals surface area (Å²) in [6.07, 6.45) is 0. The van der Waals surface area contributed by atoms with E-state index in [0.717, 1.165) is 10.0 Å². The highest BCUT2D eigenvalue weighted by atomic mass is 79.9. The van der Waals surface area contributed by atoms with Crippen LogP contribution in [0.4, 0.5) is 0 Å². The van der Waals surface area contributed by atoms with Crippen LogP contribution < -0.4 is 0 Å². The molecule has 0 heterocycles. The topological polar surface area (TPSA) is 40.5 Å². The molecule has 0 radical (unpaired) electrons. The lowest BCUT2D eigenvalue weighted by Gasteiger charge is -2.24. The Labute approximate surface area is 104 Å². The van der Waals surface area contributed by atoms with Gasteiger partial charge in [-0.1, -0.05) is 15.9 Å². The highest BCUT2D eigenvalue weighted by Crippen LogP contribution is 2.17. The number of aryl methyl sites for hydroxylation is 1. The van der Waals surface area contributed by atoms with E-state index in [9.17, 15) is 4.79 Å². The third-order valence-electron chi connectivity index (χ3n) is 2.66. The van der Waals surface area contributed by atoms with Crippen LogP contribution in [-0.2, 0) is 0 Å². The fourth-order valence-electron chi connectivity index (χ4n) is 1.38. The van der Waals surface area contributed by atoms with Crippen molar-refractivity contribution >= 4 is 21.8 Å². The molecule has 1 amide bonds. The molecular formula is C12H16BrNO2. The van der Waals surface area contributed by atoms with Crippen LogP contribution >= 0.6 is 15.9 Å². The second-order valence-corrected chi connectivity index (χ2v) is 4.82. The number of carbonyl (C=O) groups excluding carboxylic acids is 1. The van der Waals surface area contributed by atoms with E-state index in [1.165, 1.54) is 0 Å². The van der Waals surface area contributed by atoms with Gasteiger partial charge in [0.1, 0.15) is 0 Å². The van der Waals surface area contributed by atoms with Gasteiger partial charge >= 0.3 is 0 Å². The largest absolute Gasteiger partial charge is 0.394 e. The Morgan fingerprint density at radius 2 is 2.19 bits per heavy atom. The van der Waals surface area contributed by atoms with Crippen molar-refractivity contribution in [1.29, 1.82) is 0 Å². The Morgan fingerprint density at radius 1 is 1.56 bits per heavy atom. The van der Waals surface area contributed by atoms with Crippen LogP contribution in [0.2, 0.25) is 0 Å². The van der Waals surface area contributed by atoms with Crippen molar-refractivity contribution in [3.8, 4) is 0 Å². The predicted octanol–water partition coefficient (Wildman–Crippen LogP) is 2.21. The molecule has 1 N–H and O–H groups in total. The van der Waals surface area contributed by atoms with E-state index in [4.69, 9.17) is 5.11 Å². The van der Waals surface area contributed by atoms with Crippen molar-refractivity contribution in [2.45, 2.75) is 19.9 Å². The summed E-state index contributed by atoms with van der Waals surface area (Å²) >= 11 is 3.36. The Bertz CT molecular complexity index is 393. The molecule has 3 nitrogen and oxygen atoms in total. The number of rotatable bonds is 3. The minimum atomic E-state index is -0.171. The Kier molecular flexibility index (Phi) is 4.50. The highest BCUT2D eigenvalue weighted by molar-refractivity contribution is 9.10. The average molecular weight is 286 g/mol. The van der Waals surface area contributed by atoms with Crippen LogP contribution in [0.1, 0.15) is 22.8 Å². The van der Waals surface area contributed by atoms with Gasteiger partial charge in [0.25, 0.3) is 5.91 Å². The number of nitrogens with zero attached hydrogens (tertiary/aromatic N) is 1. The molecule has 0 fully saturated rings. The maximum Gasteiger partial charge on any atom is 0.254 e. The number of hydrogen-bond acceptors (Lipinski definition) is 2. The molecule has 88 valence electrons. The van der Waals surface area contributed by atoms with E-state index in [1.54, 1.807) is 18.0 Å². The van der Waals surface area contributed by atoms with E-state index in [1.807, 2.05) is 26.0 Å². The number of halogens is 1. The van der Waals surface area contributed by atoms with Gasteiger partial charge in [0.05, 0.1) is 12.6 Å². The van der Waals surface area contributed by atoms with Crippen molar-refractivity contribution in [3.63, 3.8) is 0 Å². The first kappa shape index (κ1) is 13.2. The molecule has 1 rings (SSSR count). The van der Waals surface area contributed by atoms with E-state index in [0.29, 0.717) is 5.56 Å². The van der Waals surface area contributed by atoms with Gasteiger partial charge < -0.3 is 10.0 Å². The Morgan fingerprint density at radius 3 is 2.69 bits per heavy atom. The smallest absolute Gasteiger partial charge is 0.254 e. The standard InChI is InChI=1S/C12H16BrNO2/c1-8-6-10(13)4-5-11(8)12(16)14(3)9(2)7-15/h4-6,9,15H,7H2,1-3H3. The average Bonchev–Trinajstić information content (AvgIpc) is 2.26. The van der Waals surface area contributed by atoms with Crippen LogP contribution in [0, 0.1) is 6.92 Å². The SMILES string of the molecule is Cc1cc(Br)ccc1C(=O)N(C)C(C)CO. The minimum absolute atomic E-state index is 0.0299. The molecule has 4 heteroatoms. The monoisotopic (exact) mass is 285 g/mol. The first-order chi connectivity index (χ1) is 7.47. The lowest BCUT2D eigenvalue weighted by atomic mass is 10.1. The van der Waals surface area contributed by atoms with Crippen LogP contribution in [0.15, 0.2) is 22.7 Å². The summed E-state index contributed by atoms with van der Waals surface area (Å²) in [6, 6.07) is 5.38. The van der Waals surface area contributed by atoms with Crippen molar-refractivity contribution in [3.05, 3.63) is 33.8 Å². The molecule has 0 saturated carbocycles. The zero-order chi connectivity index (χ0) is 12.3. The number of carbonyl (C=O) groups is 1. The summed E-state index contributed by atoms with van der Waals surface area (Å²) in [5.74, 6) is -0.0634. The van der Waals surface area contributed by atoms with Crippen molar-refractivity contribution in [2.24, 2.45) is 0 Å². The van der Waals surface area contributed by atoms with Crippen LogP contribution in [0.25, 0.3) is 0 Å². The summed E-state index contributed by atoms with van der Waals surface area (Å²) < 4.78 is 0.958. The number of hydrogen-bond donors (Lipinski definition) is 1. The molecule has 0 saturated heterocycles. The second-order valence-electron chi connectivity index (χ2n) is 3.91. The van der Waals surface area contributed by atoms with Crippen LogP contribution in [-0.4, -0.2) is 35.6 Å². The third-order valence-corrected chi connectivity index (χ3v) is 3.16. The fourth-order valence-corrected chi connectivity index (χ4v) is 1.86. The molecule has 1 aromatic rings. The molecule has 0 aliphatic heterocycles. The second kappa shape index (κ2) is 5.46. The number of aliphatic hydroxyl groups excluding tert-OH is 1. The first-order valence-corrected chi connectivity index (χ1v) is 5.90. The molecule has 1 atom stereocenters. The molecule has 0 aliphatic carbocycles. The lowest BCUT2D eigenvalue weighted by molar-refractivity contribution is 0.0681. The quantitative estimate of drug-likeness (QED) is 0.925. The lowest BCUT2D eigenvalue weighted by Crippen LogP contribution is -2.37. The summed E-state index contributed by atoms with van der Waals surface area (Å²) in [7, 11) is 1.70. The van der Waals surface area contributed by atoms with Gasteiger partial charge in [-0.05, 0) is 37.6 Å². The molecule has 0 aliphatic rings. The zero-order valence-corrected chi connectivity index (χ0v) is 11.3. The van der Waals surface area contributed by atoms with Gasteiger partial charge in [-0.2, -0.15) is 0 Å². The third kappa shape index (κ3) is 2.83. The number of benzene rings is 1. The maximum absolute atomic E-state index is 12.1. The highest BCUT2D eigenvalue weighted by Gasteiger charge is 2.18. The maximum atomic E-state index is 12.1. The van der Waals surface area contributed by atoms with Crippen molar-refractivity contribution < 1.29 is 9.90 Å². The number of aliphatic hydroxyl groups is 1. The Balaban J connectivity index is 2.96. The van der Waals surface area contributed by atoms with Crippen LogP contribution in [0.5, 0.6) is 0 Å². The molecule has 0 spiro atoms. The van der Waals surface area contributed by atoms with Gasteiger partial charge in [0.2, 0.25) is 0 Å². The van der Waals surface area contributed by atoms with E-state index < -0.39 is 0 Å². The van der Waals surface area contributed by atoms with Gasteiger partial charge in [0.15, 0.2) is 0 Å². The molecule has 0 aromatic heterocycles. The summed E-state index contributed by atoms with van der Waals surface area (Å²) in [5, 5.41) is 9.01. The zero-order valence-electron chi connectivity index (χ0n) is 9.70. The molecule has 1 unspecified atom stereocenters. The van der Waals surface area contributed by atoms with E-state index in [2.05, 4.69) is 15.9 Å². The van der Waals surface area contributed by atoms with E-state index in [-0.39, 0.29) is 18.6 Å². The number of likely N-dealkylation sites (N-methyl/N-ethyl adjacent to an activating group) is 1. The summed E-state index contributed by atoms with van der Waals surface area (Å²) in [5.41, 5.74) is 1.60. The predicted molar refractivity (Wildman–Crippen MR) is 67.5 cm³/mol. The molecule has 16 heavy (non-hydrogen) atoms. The molecular weight excluding hydrogens is 270 g/mol. The van der Waals surface area contributed by atoms with E-state index >= 15 is 0 Å². The minimum Gasteiger partial charge on any atom is -0.394 e. The number of amides is 1. The fraction of sp³-hybridized carbons (Fsp3) is 0.417. The van der Waals surface area contributed by atoms with Gasteiger partial charge in [-0.3, -0.25) is 4.79 Å².